The fourth-order valence-electron chi connectivity index (χ4n) is 2.47. The van der Waals surface area contributed by atoms with Crippen molar-refractivity contribution in [3.63, 3.8) is 0 Å². The van der Waals surface area contributed by atoms with Crippen LogP contribution in [0.3, 0.4) is 0 Å². The molecule has 3 rings (SSSR count). The highest BCUT2D eigenvalue weighted by Crippen LogP contribution is 2.38. The summed E-state index contributed by atoms with van der Waals surface area (Å²) in [6.45, 7) is 2.37. The van der Waals surface area contributed by atoms with Crippen molar-refractivity contribution in [1.82, 2.24) is 15.3 Å². The molecule has 0 spiro atoms. The van der Waals surface area contributed by atoms with Gasteiger partial charge in [0.25, 0.3) is 0 Å². The molecule has 1 aromatic carbocycles. The van der Waals surface area contributed by atoms with Gasteiger partial charge in [-0.2, -0.15) is 0 Å². The molecule has 1 N–H and O–H groups in total. The number of carbonyl (C=O) groups is 1. The molecule has 2 aromatic rings. The fraction of sp³-hybridized carbons (Fsp3) is 0.312. The van der Waals surface area contributed by atoms with E-state index in [1.165, 1.54) is 6.33 Å². The molecule has 2 heterocycles. The van der Waals surface area contributed by atoms with Gasteiger partial charge in [0.1, 0.15) is 18.2 Å². The van der Waals surface area contributed by atoms with Gasteiger partial charge >= 0.3 is 0 Å². The lowest BCUT2D eigenvalue weighted by molar-refractivity contribution is -0.121. The zero-order valence-corrected chi connectivity index (χ0v) is 11.9. The van der Waals surface area contributed by atoms with E-state index in [1.54, 1.807) is 12.4 Å². The number of nitrogens with zero attached hydrogens (tertiary/aromatic N) is 2. The predicted octanol–water partition coefficient (Wildman–Crippen LogP) is 1.97. The molecule has 1 unspecified atom stereocenters. The molecule has 1 aliphatic heterocycles. The maximum atomic E-state index is 11.3. The summed E-state index contributed by atoms with van der Waals surface area (Å²) in [7, 11) is 0. The summed E-state index contributed by atoms with van der Waals surface area (Å²) in [6.07, 6.45) is 6.35. The van der Waals surface area contributed by atoms with E-state index in [1.807, 2.05) is 19.1 Å². The van der Waals surface area contributed by atoms with E-state index >= 15 is 0 Å². The summed E-state index contributed by atoms with van der Waals surface area (Å²) in [5, 5.41) is 2.88. The number of para-hydroxylation sites is 1. The van der Waals surface area contributed by atoms with Crippen LogP contribution in [-0.4, -0.2) is 28.5 Å². The molecule has 0 fully saturated rings. The second-order valence-electron chi connectivity index (χ2n) is 5.02. The van der Waals surface area contributed by atoms with Gasteiger partial charge in [-0.15, -0.1) is 0 Å². The third-order valence-corrected chi connectivity index (χ3v) is 3.55. The number of carbonyl (C=O) groups excluding carboxylic acids is 1. The lowest BCUT2D eigenvalue weighted by Crippen LogP contribution is -2.33. The van der Waals surface area contributed by atoms with Gasteiger partial charge in [0.2, 0.25) is 5.91 Å². The number of ether oxygens (including phenoxy) is 1. The molecule has 108 valence electrons. The topological polar surface area (TPSA) is 64.1 Å². The van der Waals surface area contributed by atoms with Gasteiger partial charge in [-0.1, -0.05) is 25.1 Å². The first-order chi connectivity index (χ1) is 10.3. The minimum Gasteiger partial charge on any atom is -0.487 e. The second kappa shape index (κ2) is 5.91. The first-order valence-corrected chi connectivity index (χ1v) is 7.08. The Morgan fingerprint density at radius 1 is 1.38 bits per heavy atom. The Morgan fingerprint density at radius 3 is 2.95 bits per heavy atom. The summed E-state index contributed by atoms with van der Waals surface area (Å²) in [4.78, 5) is 19.5. The Hall–Kier alpha value is -2.43. The number of aromatic nitrogens is 2. The monoisotopic (exact) mass is 283 g/mol. The van der Waals surface area contributed by atoms with Crippen LogP contribution in [0, 0.1) is 0 Å². The quantitative estimate of drug-likeness (QED) is 0.931. The summed E-state index contributed by atoms with van der Waals surface area (Å²) < 4.78 is 6.02. The number of fused-ring (bicyclic) bond motifs is 1. The first kappa shape index (κ1) is 13.5. The maximum absolute atomic E-state index is 11.3. The number of benzene rings is 1. The maximum Gasteiger partial charge on any atom is 0.219 e. The average molecular weight is 283 g/mol. The summed E-state index contributed by atoms with van der Waals surface area (Å²) in [5.41, 5.74) is 3.09. The van der Waals surface area contributed by atoms with Crippen molar-refractivity contribution in [2.45, 2.75) is 25.9 Å². The molecule has 0 radical (unpaired) electrons. The van der Waals surface area contributed by atoms with E-state index < -0.39 is 0 Å². The van der Waals surface area contributed by atoms with Crippen LogP contribution in [0.4, 0.5) is 0 Å². The van der Waals surface area contributed by atoms with Crippen molar-refractivity contribution < 1.29 is 9.53 Å². The van der Waals surface area contributed by atoms with Crippen LogP contribution in [0.5, 0.6) is 5.75 Å². The van der Waals surface area contributed by atoms with E-state index in [0.717, 1.165) is 28.9 Å². The van der Waals surface area contributed by atoms with Crippen LogP contribution in [0.2, 0.25) is 0 Å². The lowest BCUT2D eigenvalue weighted by atomic mass is 10.0. The smallest absolute Gasteiger partial charge is 0.219 e. The Kier molecular flexibility index (Phi) is 3.81. The summed E-state index contributed by atoms with van der Waals surface area (Å²) >= 11 is 0. The Labute approximate surface area is 123 Å². The molecule has 0 saturated heterocycles. The van der Waals surface area contributed by atoms with Gasteiger partial charge in [-0.3, -0.25) is 4.79 Å². The zero-order chi connectivity index (χ0) is 14.7. The molecule has 1 aliphatic rings. The van der Waals surface area contributed by atoms with Crippen LogP contribution >= 0.6 is 0 Å². The number of rotatable bonds is 4. The van der Waals surface area contributed by atoms with Crippen molar-refractivity contribution in [1.29, 1.82) is 0 Å². The fourth-order valence-corrected chi connectivity index (χ4v) is 2.47. The van der Waals surface area contributed by atoms with Crippen LogP contribution < -0.4 is 10.1 Å². The highest BCUT2D eigenvalue weighted by atomic mass is 16.5. The van der Waals surface area contributed by atoms with E-state index in [4.69, 9.17) is 4.74 Å². The van der Waals surface area contributed by atoms with Crippen molar-refractivity contribution in [3.8, 4) is 16.9 Å². The normalized spacial score (nSPS) is 16.1. The molecule has 5 heteroatoms. The van der Waals surface area contributed by atoms with Crippen LogP contribution in [0.25, 0.3) is 11.1 Å². The Balaban J connectivity index is 1.79. The molecule has 0 saturated carbocycles. The third-order valence-electron chi connectivity index (χ3n) is 3.55. The zero-order valence-electron chi connectivity index (χ0n) is 11.9. The van der Waals surface area contributed by atoms with E-state index in [-0.39, 0.29) is 12.0 Å². The van der Waals surface area contributed by atoms with Crippen molar-refractivity contribution in [2.24, 2.45) is 0 Å². The lowest BCUT2D eigenvalue weighted by Gasteiger charge is -2.13. The molecular weight excluding hydrogens is 266 g/mol. The van der Waals surface area contributed by atoms with Crippen molar-refractivity contribution in [2.75, 3.05) is 6.54 Å². The van der Waals surface area contributed by atoms with E-state index in [2.05, 4.69) is 21.4 Å². The standard InChI is InChI=1S/C16H17N3O2/c1-2-15(20)19-9-13-6-11-4-3-5-14(16(11)21-13)12-7-17-10-18-8-12/h3-5,7-8,10,13H,2,6,9H2,1H3,(H,19,20). The minimum atomic E-state index is -0.0127. The van der Waals surface area contributed by atoms with Gasteiger partial charge in [0.05, 0.1) is 6.54 Å². The minimum absolute atomic E-state index is 0.0127. The highest BCUT2D eigenvalue weighted by molar-refractivity contribution is 5.75. The Bertz CT molecular complexity index is 643. The van der Waals surface area contributed by atoms with Crippen LogP contribution in [0.15, 0.2) is 36.9 Å². The van der Waals surface area contributed by atoms with Gasteiger partial charge in [-0.05, 0) is 5.56 Å². The number of hydrogen-bond acceptors (Lipinski definition) is 4. The van der Waals surface area contributed by atoms with Crippen molar-refractivity contribution in [3.05, 3.63) is 42.5 Å². The molecule has 5 nitrogen and oxygen atoms in total. The largest absolute Gasteiger partial charge is 0.487 e. The number of amides is 1. The third kappa shape index (κ3) is 2.86. The molecule has 0 aliphatic carbocycles. The van der Waals surface area contributed by atoms with Crippen LogP contribution in [0.1, 0.15) is 18.9 Å². The van der Waals surface area contributed by atoms with E-state index in [0.29, 0.717) is 13.0 Å². The first-order valence-electron chi connectivity index (χ1n) is 7.08. The highest BCUT2D eigenvalue weighted by Gasteiger charge is 2.25. The van der Waals surface area contributed by atoms with Crippen LogP contribution in [-0.2, 0) is 11.2 Å². The molecule has 0 bridgehead atoms. The predicted molar refractivity (Wildman–Crippen MR) is 78.9 cm³/mol. The molecule has 1 amide bonds. The number of nitrogens with one attached hydrogen (secondary N) is 1. The van der Waals surface area contributed by atoms with Gasteiger partial charge in [0.15, 0.2) is 0 Å². The number of hydrogen-bond donors (Lipinski definition) is 1. The summed E-state index contributed by atoms with van der Waals surface area (Å²) in [6, 6.07) is 6.08. The SMILES string of the molecule is CCC(=O)NCC1Cc2cccc(-c3cncnc3)c2O1. The van der Waals surface area contributed by atoms with Gasteiger partial charge in [0, 0.05) is 36.4 Å². The average Bonchev–Trinajstić information content (AvgIpc) is 2.96. The molecule has 1 atom stereocenters. The molecular formula is C16H17N3O2. The van der Waals surface area contributed by atoms with Gasteiger partial charge in [-0.25, -0.2) is 9.97 Å². The summed E-state index contributed by atoms with van der Waals surface area (Å²) in [5.74, 6) is 0.925. The molecule has 1 aromatic heterocycles. The second-order valence-corrected chi connectivity index (χ2v) is 5.02. The Morgan fingerprint density at radius 2 is 2.19 bits per heavy atom. The van der Waals surface area contributed by atoms with Crippen molar-refractivity contribution >= 4 is 5.91 Å². The van der Waals surface area contributed by atoms with E-state index in [9.17, 15) is 4.79 Å². The molecule has 21 heavy (non-hydrogen) atoms. The van der Waals surface area contributed by atoms with Gasteiger partial charge < -0.3 is 10.1 Å².